The maximum atomic E-state index is 11.3. The fourth-order valence-electron chi connectivity index (χ4n) is 1.06. The molecule has 74 valence electrons. The Bertz CT molecular complexity index is 486. The van der Waals surface area contributed by atoms with Gasteiger partial charge in [0.05, 0.1) is 0 Å². The minimum Gasteiger partial charge on any atom is -0.356 e. The Hall–Kier alpha value is -1.92. The molecular formula is C7H10N6O. The summed E-state index contributed by atoms with van der Waals surface area (Å²) in [5, 5.41) is 6.68. The second kappa shape index (κ2) is 3.44. The molecule has 14 heavy (non-hydrogen) atoms. The topological polar surface area (TPSA) is 88.0 Å². The third-order valence-electron chi connectivity index (χ3n) is 1.70. The van der Waals surface area contributed by atoms with Gasteiger partial charge in [-0.15, -0.1) is 9.61 Å². The molecule has 0 atom stereocenters. The molecule has 2 heterocycles. The van der Waals surface area contributed by atoms with Crippen LogP contribution >= 0.6 is 0 Å². The highest BCUT2D eigenvalue weighted by Gasteiger charge is 2.02. The van der Waals surface area contributed by atoms with Gasteiger partial charge in [0.25, 0.3) is 5.78 Å². The molecule has 2 N–H and O–H groups in total. The van der Waals surface area contributed by atoms with Crippen molar-refractivity contribution in [3.63, 3.8) is 0 Å². The summed E-state index contributed by atoms with van der Waals surface area (Å²) in [5.74, 6) is 0.727. The van der Waals surface area contributed by atoms with Gasteiger partial charge < -0.3 is 5.32 Å². The zero-order chi connectivity index (χ0) is 9.97. The smallest absolute Gasteiger partial charge is 0.352 e. The molecule has 0 aromatic carbocycles. The first-order valence-corrected chi connectivity index (χ1v) is 4.35. The van der Waals surface area contributed by atoms with Gasteiger partial charge in [0.15, 0.2) is 0 Å². The van der Waals surface area contributed by atoms with Crippen LogP contribution in [-0.4, -0.2) is 31.1 Å². The van der Waals surface area contributed by atoms with E-state index in [9.17, 15) is 4.79 Å². The Morgan fingerprint density at radius 2 is 2.50 bits per heavy atom. The zero-order valence-electron chi connectivity index (χ0n) is 7.69. The Morgan fingerprint density at radius 1 is 1.64 bits per heavy atom. The molecule has 0 unspecified atom stereocenters. The molecule has 0 amide bonds. The number of aromatic nitrogens is 5. The molecule has 0 radical (unpaired) electrons. The first kappa shape index (κ1) is 8.67. The van der Waals surface area contributed by atoms with Gasteiger partial charge in [-0.3, -0.25) is 4.98 Å². The molecule has 2 rings (SSSR count). The van der Waals surface area contributed by atoms with Crippen LogP contribution in [0.2, 0.25) is 0 Å². The van der Waals surface area contributed by atoms with E-state index >= 15 is 0 Å². The van der Waals surface area contributed by atoms with E-state index in [1.165, 1.54) is 6.33 Å². The van der Waals surface area contributed by atoms with Gasteiger partial charge in [0.2, 0.25) is 5.95 Å². The van der Waals surface area contributed by atoms with E-state index in [1.54, 1.807) is 0 Å². The number of rotatable bonds is 3. The quantitative estimate of drug-likeness (QED) is 0.696. The monoisotopic (exact) mass is 194 g/mol. The maximum absolute atomic E-state index is 11.3. The minimum atomic E-state index is -0.342. The molecular weight excluding hydrogens is 184 g/mol. The molecule has 0 fully saturated rings. The van der Waals surface area contributed by atoms with Crippen molar-refractivity contribution in [1.29, 1.82) is 0 Å². The number of hydrogen-bond donors (Lipinski definition) is 2. The number of H-pyrrole nitrogens is 1. The molecule has 7 heteroatoms. The summed E-state index contributed by atoms with van der Waals surface area (Å²) in [6.45, 7) is 2.79. The van der Waals surface area contributed by atoms with Crippen LogP contribution in [0.1, 0.15) is 13.3 Å². The third-order valence-corrected chi connectivity index (χ3v) is 1.70. The Balaban J connectivity index is 2.43. The number of aromatic amines is 1. The maximum Gasteiger partial charge on any atom is 0.352 e. The summed E-state index contributed by atoms with van der Waals surface area (Å²) in [6.07, 6.45) is 2.25. The highest BCUT2D eigenvalue weighted by atomic mass is 16.1. The van der Waals surface area contributed by atoms with E-state index in [0.717, 1.165) is 17.5 Å². The summed E-state index contributed by atoms with van der Waals surface area (Å²) in [4.78, 5) is 21.8. The average Bonchev–Trinajstić information content (AvgIpc) is 2.63. The number of anilines is 1. The van der Waals surface area contributed by atoms with Gasteiger partial charge in [-0.1, -0.05) is 6.92 Å². The molecule has 2 aromatic heterocycles. The summed E-state index contributed by atoms with van der Waals surface area (Å²) < 4.78 is 1.11. The normalized spacial score (nSPS) is 10.6. The first-order valence-electron chi connectivity index (χ1n) is 4.35. The molecule has 0 aliphatic carbocycles. The van der Waals surface area contributed by atoms with Gasteiger partial charge in [-0.05, 0) is 6.42 Å². The molecule has 0 bridgehead atoms. The second-order valence-corrected chi connectivity index (χ2v) is 2.79. The Labute approximate surface area is 79.2 Å². The van der Waals surface area contributed by atoms with E-state index in [4.69, 9.17) is 0 Å². The molecule has 0 aliphatic rings. The van der Waals surface area contributed by atoms with Crippen molar-refractivity contribution in [3.8, 4) is 0 Å². The fraction of sp³-hybridized carbons (Fsp3) is 0.429. The lowest BCUT2D eigenvalue weighted by molar-refractivity contribution is 0.834. The lowest BCUT2D eigenvalue weighted by Crippen LogP contribution is -2.21. The summed E-state index contributed by atoms with van der Waals surface area (Å²) in [6, 6.07) is 0. The minimum absolute atomic E-state index is 0.298. The van der Waals surface area contributed by atoms with Crippen LogP contribution in [0.25, 0.3) is 5.78 Å². The predicted molar refractivity (Wildman–Crippen MR) is 50.2 cm³/mol. The van der Waals surface area contributed by atoms with E-state index in [-0.39, 0.29) is 5.69 Å². The highest BCUT2D eigenvalue weighted by Crippen LogP contribution is 1.95. The van der Waals surface area contributed by atoms with Crippen LogP contribution in [-0.2, 0) is 0 Å². The van der Waals surface area contributed by atoms with Crippen molar-refractivity contribution < 1.29 is 0 Å². The number of fused-ring (bicyclic) bond motifs is 1. The van der Waals surface area contributed by atoms with Gasteiger partial charge in [-0.25, -0.2) is 4.79 Å². The van der Waals surface area contributed by atoms with Crippen LogP contribution in [0.4, 0.5) is 5.95 Å². The number of nitrogens with zero attached hydrogens (tertiary/aromatic N) is 4. The molecule has 0 aliphatic heterocycles. The Kier molecular flexibility index (Phi) is 2.13. The van der Waals surface area contributed by atoms with Crippen LogP contribution in [0.5, 0.6) is 0 Å². The van der Waals surface area contributed by atoms with Gasteiger partial charge >= 0.3 is 5.69 Å². The van der Waals surface area contributed by atoms with Crippen molar-refractivity contribution >= 4 is 11.7 Å². The second-order valence-electron chi connectivity index (χ2n) is 2.79. The van der Waals surface area contributed by atoms with Gasteiger partial charge in [-0.2, -0.15) is 9.97 Å². The molecule has 0 saturated carbocycles. The van der Waals surface area contributed by atoms with Crippen LogP contribution in [0.3, 0.4) is 0 Å². The molecule has 2 aromatic rings. The average molecular weight is 194 g/mol. The van der Waals surface area contributed by atoms with Crippen LogP contribution in [0.15, 0.2) is 11.1 Å². The predicted octanol–water partition coefficient (Wildman–Crippen LogP) is -0.366. The van der Waals surface area contributed by atoms with Crippen molar-refractivity contribution in [2.45, 2.75) is 13.3 Å². The molecule has 0 saturated heterocycles. The van der Waals surface area contributed by atoms with Crippen LogP contribution < -0.4 is 11.0 Å². The molecule has 0 spiro atoms. The van der Waals surface area contributed by atoms with Crippen LogP contribution in [0, 0.1) is 0 Å². The summed E-state index contributed by atoms with van der Waals surface area (Å²) in [7, 11) is 0. The molecule has 7 nitrogen and oxygen atoms in total. The van der Waals surface area contributed by atoms with E-state index < -0.39 is 0 Å². The zero-order valence-corrected chi connectivity index (χ0v) is 7.69. The van der Waals surface area contributed by atoms with Gasteiger partial charge in [0, 0.05) is 6.54 Å². The van der Waals surface area contributed by atoms with Crippen molar-refractivity contribution in [2.75, 3.05) is 11.9 Å². The standard InChI is InChI=1S/C7H10N6O/c1-2-3-8-5-11-6-9-4-10-13(6)7(14)12-5/h4H,2-3H2,1H3,(H2,8,9,10,11,12,14). The SMILES string of the molecule is CCCNc1nc2ncnn2c(=O)[nH]1. The van der Waals surface area contributed by atoms with Crippen molar-refractivity contribution in [1.82, 2.24) is 24.6 Å². The van der Waals surface area contributed by atoms with E-state index in [1.807, 2.05) is 6.92 Å². The highest BCUT2D eigenvalue weighted by molar-refractivity contribution is 5.33. The fourth-order valence-corrected chi connectivity index (χ4v) is 1.06. The van der Waals surface area contributed by atoms with Crippen molar-refractivity contribution in [2.24, 2.45) is 0 Å². The number of nitrogens with one attached hydrogen (secondary N) is 2. The summed E-state index contributed by atoms with van der Waals surface area (Å²) in [5.41, 5.74) is -0.342. The van der Waals surface area contributed by atoms with Crippen molar-refractivity contribution in [3.05, 3.63) is 16.8 Å². The summed E-state index contributed by atoms with van der Waals surface area (Å²) >= 11 is 0. The lowest BCUT2D eigenvalue weighted by Gasteiger charge is -2.01. The number of hydrogen-bond acceptors (Lipinski definition) is 5. The largest absolute Gasteiger partial charge is 0.356 e. The Morgan fingerprint density at radius 3 is 3.29 bits per heavy atom. The van der Waals surface area contributed by atoms with E-state index in [2.05, 4.69) is 25.4 Å². The third kappa shape index (κ3) is 1.43. The van der Waals surface area contributed by atoms with Gasteiger partial charge in [0.1, 0.15) is 6.33 Å². The first-order chi connectivity index (χ1) is 6.81. The van der Waals surface area contributed by atoms with E-state index in [0.29, 0.717) is 11.7 Å². The lowest BCUT2D eigenvalue weighted by atomic mass is 10.5.